The first-order valence-corrected chi connectivity index (χ1v) is 8.58. The Kier molecular flexibility index (Phi) is 6.69. The van der Waals surface area contributed by atoms with Crippen molar-refractivity contribution in [3.8, 4) is 0 Å². The topological polar surface area (TPSA) is 55.4 Å². The summed E-state index contributed by atoms with van der Waals surface area (Å²) >= 11 is 6.13. The summed E-state index contributed by atoms with van der Waals surface area (Å²) in [5.74, 6) is -1.01. The van der Waals surface area contributed by atoms with E-state index in [1.165, 1.54) is 6.07 Å². The molecule has 1 aromatic rings. The lowest BCUT2D eigenvalue weighted by atomic mass is 10.1. The van der Waals surface area contributed by atoms with Crippen molar-refractivity contribution in [2.45, 2.75) is 19.8 Å². The maximum atomic E-state index is 13.7. The molecule has 2 rings (SSSR count). The van der Waals surface area contributed by atoms with Gasteiger partial charge in [0, 0.05) is 12.0 Å². The summed E-state index contributed by atoms with van der Waals surface area (Å²) in [4.78, 5) is 24.0. The van der Waals surface area contributed by atoms with Crippen LogP contribution < -0.4 is 5.32 Å². The third kappa shape index (κ3) is 5.01. The highest BCUT2D eigenvalue weighted by Gasteiger charge is 2.25. The van der Waals surface area contributed by atoms with Crippen LogP contribution in [0.1, 0.15) is 25.3 Å². The molecular formula is C17H16FNO3S2. The van der Waals surface area contributed by atoms with Crippen LogP contribution in [-0.2, 0) is 14.3 Å². The molecule has 0 atom stereocenters. The molecule has 1 heterocycles. The molecule has 0 unspecified atom stereocenters. The first kappa shape index (κ1) is 18.4. The van der Waals surface area contributed by atoms with E-state index in [0.29, 0.717) is 33.4 Å². The third-order valence-electron chi connectivity index (χ3n) is 3.18. The van der Waals surface area contributed by atoms with E-state index < -0.39 is 0 Å². The summed E-state index contributed by atoms with van der Waals surface area (Å²) in [5.41, 5.74) is 1.02. The molecule has 0 spiro atoms. The predicted octanol–water partition coefficient (Wildman–Crippen LogP) is 3.58. The lowest BCUT2D eigenvalue weighted by Crippen LogP contribution is -2.18. The van der Waals surface area contributed by atoms with Crippen molar-refractivity contribution in [3.05, 3.63) is 52.2 Å². The second-order valence-corrected chi connectivity index (χ2v) is 6.55. The van der Waals surface area contributed by atoms with Crippen LogP contribution in [0.25, 0.3) is 6.08 Å². The van der Waals surface area contributed by atoms with Gasteiger partial charge in [0.25, 0.3) is 5.91 Å². The number of thiocarbonyl (C=S) groups is 1. The zero-order valence-corrected chi connectivity index (χ0v) is 14.6. The van der Waals surface area contributed by atoms with Crippen molar-refractivity contribution in [2.75, 3.05) is 6.61 Å². The Morgan fingerprint density at radius 3 is 2.75 bits per heavy atom. The molecule has 0 bridgehead atoms. The third-order valence-corrected chi connectivity index (χ3v) is 4.47. The number of nitrogens with one attached hydrogen (secondary N) is 1. The zero-order chi connectivity index (χ0) is 17.5. The zero-order valence-electron chi connectivity index (χ0n) is 13.0. The Labute approximate surface area is 149 Å². The molecule has 24 heavy (non-hydrogen) atoms. The summed E-state index contributed by atoms with van der Waals surface area (Å²) in [7, 11) is 0. The standard InChI is InChI=1S/C17H16FNO3S2/c1-2-22-14(20)10-9-12(15-16(21)19-17(23)24-15)8-7-11-5-3-4-6-13(11)18/h3-8H,2,9-10H2,1H3,(H,19,21,23). The molecule has 0 radical (unpaired) electrons. The lowest BCUT2D eigenvalue weighted by Gasteiger charge is -2.06. The Morgan fingerprint density at radius 2 is 2.12 bits per heavy atom. The van der Waals surface area contributed by atoms with Gasteiger partial charge in [-0.25, -0.2) is 4.39 Å². The van der Waals surface area contributed by atoms with Gasteiger partial charge in [0.15, 0.2) is 0 Å². The molecule has 1 saturated heterocycles. The number of ether oxygens (including phenoxy) is 1. The number of carbonyl (C=O) groups is 2. The minimum absolute atomic E-state index is 0.134. The number of amides is 1. The quantitative estimate of drug-likeness (QED) is 0.474. The van der Waals surface area contributed by atoms with Gasteiger partial charge in [-0.2, -0.15) is 0 Å². The second kappa shape index (κ2) is 8.75. The van der Waals surface area contributed by atoms with Gasteiger partial charge >= 0.3 is 5.97 Å². The number of halogens is 1. The van der Waals surface area contributed by atoms with Crippen LogP contribution >= 0.6 is 24.0 Å². The van der Waals surface area contributed by atoms with Gasteiger partial charge in [0.05, 0.1) is 11.5 Å². The number of hydrogen-bond acceptors (Lipinski definition) is 5. The molecule has 1 aromatic carbocycles. The first-order chi connectivity index (χ1) is 11.5. The molecule has 0 saturated carbocycles. The summed E-state index contributed by atoms with van der Waals surface area (Å²) in [6, 6.07) is 6.31. The Hall–Kier alpha value is -1.99. The number of carbonyl (C=O) groups excluding carboxylic acids is 2. The van der Waals surface area contributed by atoms with Crippen molar-refractivity contribution >= 4 is 46.3 Å². The smallest absolute Gasteiger partial charge is 0.306 e. The Morgan fingerprint density at radius 1 is 1.38 bits per heavy atom. The van der Waals surface area contributed by atoms with E-state index in [-0.39, 0.29) is 24.1 Å². The molecule has 1 fully saturated rings. The van der Waals surface area contributed by atoms with Crippen molar-refractivity contribution in [1.29, 1.82) is 0 Å². The molecule has 126 valence electrons. The van der Waals surface area contributed by atoms with Crippen molar-refractivity contribution in [2.24, 2.45) is 0 Å². The number of thioether (sulfide) groups is 1. The summed E-state index contributed by atoms with van der Waals surface area (Å²) in [5, 5.41) is 2.54. The largest absolute Gasteiger partial charge is 0.466 e. The SMILES string of the molecule is CCOC(=O)CCC(C=Cc1ccccc1F)=C1SC(=S)NC1=O. The minimum atomic E-state index is -0.359. The van der Waals surface area contributed by atoms with Gasteiger partial charge in [-0.1, -0.05) is 54.3 Å². The number of hydrogen-bond donors (Lipinski definition) is 1. The van der Waals surface area contributed by atoms with E-state index in [1.807, 2.05) is 0 Å². The molecule has 1 aliphatic heterocycles. The highest BCUT2D eigenvalue weighted by molar-refractivity contribution is 8.26. The fraction of sp³-hybridized carbons (Fsp3) is 0.235. The molecule has 1 aliphatic rings. The highest BCUT2D eigenvalue weighted by Crippen LogP contribution is 2.30. The summed E-state index contributed by atoms with van der Waals surface area (Å²) < 4.78 is 19.0. The first-order valence-electron chi connectivity index (χ1n) is 7.35. The van der Waals surface area contributed by atoms with E-state index in [0.717, 1.165) is 11.8 Å². The van der Waals surface area contributed by atoms with Crippen LogP contribution in [0.15, 0.2) is 40.8 Å². The number of esters is 1. The molecule has 7 heteroatoms. The van der Waals surface area contributed by atoms with Crippen LogP contribution in [0, 0.1) is 5.82 Å². The van der Waals surface area contributed by atoms with Crippen molar-refractivity contribution in [1.82, 2.24) is 5.32 Å². The summed E-state index contributed by atoms with van der Waals surface area (Å²) in [6.45, 7) is 2.03. The number of benzene rings is 1. The van der Waals surface area contributed by atoms with Crippen molar-refractivity contribution in [3.63, 3.8) is 0 Å². The van der Waals surface area contributed by atoms with Crippen LogP contribution in [0.3, 0.4) is 0 Å². The van der Waals surface area contributed by atoms with E-state index in [2.05, 4.69) is 5.32 Å². The normalized spacial score (nSPS) is 16.4. The van der Waals surface area contributed by atoms with Gasteiger partial charge in [-0.05, 0) is 25.0 Å². The number of rotatable bonds is 6. The van der Waals surface area contributed by atoms with E-state index in [1.54, 1.807) is 37.3 Å². The van der Waals surface area contributed by atoms with Crippen LogP contribution in [-0.4, -0.2) is 22.8 Å². The molecule has 0 aromatic heterocycles. The van der Waals surface area contributed by atoms with Gasteiger partial charge in [-0.3, -0.25) is 9.59 Å². The van der Waals surface area contributed by atoms with Gasteiger partial charge in [0.1, 0.15) is 10.1 Å². The average molecular weight is 365 g/mol. The lowest BCUT2D eigenvalue weighted by molar-refractivity contribution is -0.143. The monoisotopic (exact) mass is 365 g/mol. The molecule has 0 aliphatic carbocycles. The highest BCUT2D eigenvalue weighted by atomic mass is 32.2. The fourth-order valence-corrected chi connectivity index (χ4v) is 3.19. The van der Waals surface area contributed by atoms with E-state index >= 15 is 0 Å². The minimum Gasteiger partial charge on any atom is -0.466 e. The Balaban J connectivity index is 2.25. The van der Waals surface area contributed by atoms with Crippen LogP contribution in [0.5, 0.6) is 0 Å². The van der Waals surface area contributed by atoms with E-state index in [9.17, 15) is 14.0 Å². The molecule has 1 amide bonds. The number of allylic oxidation sites excluding steroid dienone is 2. The van der Waals surface area contributed by atoms with Crippen LogP contribution in [0.4, 0.5) is 4.39 Å². The second-order valence-electron chi connectivity index (χ2n) is 4.86. The van der Waals surface area contributed by atoms with Crippen molar-refractivity contribution < 1.29 is 18.7 Å². The fourth-order valence-electron chi connectivity index (χ4n) is 2.07. The van der Waals surface area contributed by atoms with E-state index in [4.69, 9.17) is 17.0 Å². The average Bonchev–Trinajstić information content (AvgIpc) is 2.88. The van der Waals surface area contributed by atoms with Gasteiger partial charge in [0.2, 0.25) is 0 Å². The molecule has 1 N–H and O–H groups in total. The van der Waals surface area contributed by atoms with Gasteiger partial charge in [-0.15, -0.1) is 0 Å². The summed E-state index contributed by atoms with van der Waals surface area (Å²) in [6.07, 6.45) is 3.67. The maximum Gasteiger partial charge on any atom is 0.306 e. The van der Waals surface area contributed by atoms with Gasteiger partial charge < -0.3 is 10.1 Å². The Bertz CT molecular complexity index is 728. The predicted molar refractivity (Wildman–Crippen MR) is 96.7 cm³/mol. The van der Waals surface area contributed by atoms with Crippen LogP contribution in [0.2, 0.25) is 0 Å². The maximum absolute atomic E-state index is 13.7. The molecular weight excluding hydrogens is 349 g/mol. The molecule has 4 nitrogen and oxygen atoms in total.